The summed E-state index contributed by atoms with van der Waals surface area (Å²) in [6.45, 7) is 1.46. The van der Waals surface area contributed by atoms with Crippen LogP contribution in [0.25, 0.3) is 0 Å². The van der Waals surface area contributed by atoms with Gasteiger partial charge in [0.05, 0.1) is 6.61 Å². The van der Waals surface area contributed by atoms with E-state index in [9.17, 15) is 0 Å². The van der Waals surface area contributed by atoms with Crippen LogP contribution in [0.2, 0.25) is 0 Å². The minimum atomic E-state index is 0.555. The van der Waals surface area contributed by atoms with E-state index in [2.05, 4.69) is 36.4 Å². The highest BCUT2D eigenvalue weighted by atomic mass is 16.5. The predicted molar refractivity (Wildman–Crippen MR) is 77.6 cm³/mol. The van der Waals surface area contributed by atoms with Gasteiger partial charge in [0.15, 0.2) is 0 Å². The molecule has 2 N–H and O–H groups in total. The molecule has 1 atom stereocenters. The van der Waals surface area contributed by atoms with Gasteiger partial charge in [-0.05, 0) is 48.2 Å². The molecule has 2 aromatic carbocycles. The smallest absolute Gasteiger partial charge is 0.119 e. The fourth-order valence-corrected chi connectivity index (χ4v) is 2.63. The van der Waals surface area contributed by atoms with Gasteiger partial charge in [-0.3, -0.25) is 0 Å². The monoisotopic (exact) mass is 253 g/mol. The molecule has 0 fully saturated rings. The summed E-state index contributed by atoms with van der Waals surface area (Å²) in [6.07, 6.45) is 2.07. The van der Waals surface area contributed by atoms with Crippen LogP contribution in [-0.4, -0.2) is 13.2 Å². The Morgan fingerprint density at radius 1 is 1.05 bits per heavy atom. The highest BCUT2D eigenvalue weighted by Crippen LogP contribution is 2.35. The SMILES string of the molecule is NCCc1ccc(OCC2Cc3ccccc32)cc1. The molecular formula is C17H19NO. The van der Waals surface area contributed by atoms with Crippen LogP contribution in [-0.2, 0) is 12.8 Å². The molecule has 0 heterocycles. The van der Waals surface area contributed by atoms with Gasteiger partial charge in [0.2, 0.25) is 0 Å². The van der Waals surface area contributed by atoms with E-state index >= 15 is 0 Å². The van der Waals surface area contributed by atoms with Gasteiger partial charge in [0, 0.05) is 5.92 Å². The summed E-state index contributed by atoms with van der Waals surface area (Å²) in [4.78, 5) is 0. The van der Waals surface area contributed by atoms with E-state index in [1.165, 1.54) is 16.7 Å². The Hall–Kier alpha value is -1.80. The molecular weight excluding hydrogens is 234 g/mol. The van der Waals surface area contributed by atoms with E-state index < -0.39 is 0 Å². The van der Waals surface area contributed by atoms with E-state index in [-0.39, 0.29) is 0 Å². The zero-order chi connectivity index (χ0) is 13.1. The van der Waals surface area contributed by atoms with Crippen molar-refractivity contribution in [2.24, 2.45) is 5.73 Å². The van der Waals surface area contributed by atoms with Crippen molar-refractivity contribution in [1.82, 2.24) is 0 Å². The molecule has 0 saturated carbocycles. The van der Waals surface area contributed by atoms with Crippen molar-refractivity contribution in [1.29, 1.82) is 0 Å². The van der Waals surface area contributed by atoms with Crippen LogP contribution in [0.5, 0.6) is 5.75 Å². The normalized spacial score (nSPS) is 16.6. The predicted octanol–water partition coefficient (Wildman–Crippen LogP) is 2.91. The number of rotatable bonds is 5. The third kappa shape index (κ3) is 2.64. The number of nitrogens with two attached hydrogens (primary N) is 1. The minimum absolute atomic E-state index is 0.555. The lowest BCUT2D eigenvalue weighted by molar-refractivity contribution is 0.275. The Labute approximate surface area is 114 Å². The molecule has 98 valence electrons. The number of ether oxygens (including phenoxy) is 1. The van der Waals surface area contributed by atoms with Gasteiger partial charge in [0.1, 0.15) is 5.75 Å². The average Bonchev–Trinajstić information content (AvgIpc) is 2.42. The topological polar surface area (TPSA) is 35.2 Å². The first-order valence-electron chi connectivity index (χ1n) is 6.86. The molecule has 0 aliphatic heterocycles. The zero-order valence-electron chi connectivity index (χ0n) is 11.0. The van der Waals surface area contributed by atoms with Crippen LogP contribution in [0.1, 0.15) is 22.6 Å². The van der Waals surface area contributed by atoms with Crippen LogP contribution in [0, 0.1) is 0 Å². The molecule has 2 aromatic rings. The second-order valence-electron chi connectivity index (χ2n) is 5.09. The van der Waals surface area contributed by atoms with Crippen LogP contribution in [0.4, 0.5) is 0 Å². The third-order valence-electron chi connectivity index (χ3n) is 3.77. The van der Waals surface area contributed by atoms with E-state index in [0.717, 1.165) is 25.2 Å². The molecule has 0 spiro atoms. The van der Waals surface area contributed by atoms with Crippen molar-refractivity contribution in [3.63, 3.8) is 0 Å². The van der Waals surface area contributed by atoms with Gasteiger partial charge in [-0.15, -0.1) is 0 Å². The fraction of sp³-hybridized carbons (Fsp3) is 0.294. The number of fused-ring (bicyclic) bond motifs is 1. The summed E-state index contributed by atoms with van der Waals surface area (Å²) in [5.41, 5.74) is 9.72. The fourth-order valence-electron chi connectivity index (χ4n) is 2.63. The summed E-state index contributed by atoms with van der Waals surface area (Å²) in [7, 11) is 0. The van der Waals surface area contributed by atoms with Crippen molar-refractivity contribution < 1.29 is 4.74 Å². The number of hydrogen-bond donors (Lipinski definition) is 1. The van der Waals surface area contributed by atoms with E-state index in [0.29, 0.717) is 12.5 Å². The van der Waals surface area contributed by atoms with E-state index in [4.69, 9.17) is 10.5 Å². The van der Waals surface area contributed by atoms with Gasteiger partial charge < -0.3 is 10.5 Å². The van der Waals surface area contributed by atoms with Crippen LogP contribution in [0.3, 0.4) is 0 Å². The first kappa shape index (κ1) is 12.2. The molecule has 2 nitrogen and oxygen atoms in total. The second kappa shape index (κ2) is 5.45. The van der Waals surface area contributed by atoms with Gasteiger partial charge in [0.25, 0.3) is 0 Å². The molecule has 0 aromatic heterocycles. The highest BCUT2D eigenvalue weighted by molar-refractivity contribution is 5.40. The molecule has 0 radical (unpaired) electrons. The molecule has 19 heavy (non-hydrogen) atoms. The van der Waals surface area contributed by atoms with Crippen molar-refractivity contribution in [3.8, 4) is 5.75 Å². The Balaban J connectivity index is 1.56. The molecule has 2 heteroatoms. The number of hydrogen-bond acceptors (Lipinski definition) is 2. The lowest BCUT2D eigenvalue weighted by Gasteiger charge is -2.29. The van der Waals surface area contributed by atoms with Gasteiger partial charge in [-0.2, -0.15) is 0 Å². The largest absolute Gasteiger partial charge is 0.493 e. The standard InChI is InChI=1S/C17H19NO/c18-10-9-13-5-7-16(8-6-13)19-12-15-11-14-3-1-2-4-17(14)15/h1-8,15H,9-12,18H2. The Bertz CT molecular complexity index is 547. The van der Waals surface area contributed by atoms with Crippen LogP contribution in [0.15, 0.2) is 48.5 Å². The van der Waals surface area contributed by atoms with E-state index in [1.54, 1.807) is 0 Å². The lowest BCUT2D eigenvalue weighted by atomic mass is 9.78. The van der Waals surface area contributed by atoms with Crippen LogP contribution >= 0.6 is 0 Å². The zero-order valence-corrected chi connectivity index (χ0v) is 11.0. The Kier molecular flexibility index (Phi) is 3.51. The average molecular weight is 253 g/mol. The molecule has 0 amide bonds. The van der Waals surface area contributed by atoms with E-state index in [1.807, 2.05) is 12.1 Å². The quantitative estimate of drug-likeness (QED) is 0.889. The first-order valence-corrected chi connectivity index (χ1v) is 6.86. The van der Waals surface area contributed by atoms with Crippen molar-refractivity contribution in [2.45, 2.75) is 18.8 Å². The van der Waals surface area contributed by atoms with Gasteiger partial charge in [-0.1, -0.05) is 36.4 Å². The summed E-state index contributed by atoms with van der Waals surface area (Å²) < 4.78 is 5.87. The van der Waals surface area contributed by atoms with Crippen molar-refractivity contribution in [3.05, 3.63) is 65.2 Å². The van der Waals surface area contributed by atoms with Crippen LogP contribution < -0.4 is 10.5 Å². The van der Waals surface area contributed by atoms with Gasteiger partial charge in [-0.25, -0.2) is 0 Å². The lowest BCUT2D eigenvalue weighted by Crippen LogP contribution is -2.23. The molecule has 1 aliphatic carbocycles. The minimum Gasteiger partial charge on any atom is -0.493 e. The Morgan fingerprint density at radius 3 is 2.58 bits per heavy atom. The van der Waals surface area contributed by atoms with Crippen molar-refractivity contribution in [2.75, 3.05) is 13.2 Å². The molecule has 1 aliphatic rings. The first-order chi connectivity index (χ1) is 9.36. The summed E-state index contributed by atoms with van der Waals surface area (Å²) >= 11 is 0. The van der Waals surface area contributed by atoms with Crippen molar-refractivity contribution >= 4 is 0 Å². The maximum absolute atomic E-state index is 5.87. The summed E-state index contributed by atoms with van der Waals surface area (Å²) in [6, 6.07) is 16.9. The maximum atomic E-state index is 5.87. The third-order valence-corrected chi connectivity index (χ3v) is 3.77. The molecule has 1 unspecified atom stereocenters. The second-order valence-corrected chi connectivity index (χ2v) is 5.09. The molecule has 3 rings (SSSR count). The summed E-state index contributed by atoms with van der Waals surface area (Å²) in [5, 5.41) is 0. The maximum Gasteiger partial charge on any atom is 0.119 e. The molecule has 0 saturated heterocycles. The molecule has 0 bridgehead atoms. The summed E-state index contributed by atoms with van der Waals surface area (Å²) in [5.74, 6) is 1.50. The van der Waals surface area contributed by atoms with Gasteiger partial charge >= 0.3 is 0 Å². The Morgan fingerprint density at radius 2 is 1.84 bits per heavy atom. The highest BCUT2D eigenvalue weighted by Gasteiger charge is 2.25. The number of benzene rings is 2.